The van der Waals surface area contributed by atoms with Crippen LogP contribution in [-0.2, 0) is 17.5 Å². The zero-order valence-corrected chi connectivity index (χ0v) is 21.5. The standard InChI is InChI=1S/C25H29F3N6OS/c1-5-31(6-2)11-12-32-15-16-13-18(8-10-21(16)30-32)34-23(36)33(22(35)24(34,3)4)17-7-9-20(29)19(14-17)25(26,27)28/h7-10,13-15H,5-6,11-12,29H2,1-4H3. The molecule has 192 valence electrons. The molecule has 3 aromatic rings. The van der Waals surface area contributed by atoms with E-state index < -0.39 is 28.9 Å². The number of hydrogen-bond donors (Lipinski definition) is 1. The molecular formula is C25H29F3N6OS. The Bertz CT molecular complexity index is 1310. The summed E-state index contributed by atoms with van der Waals surface area (Å²) in [6.45, 7) is 11.2. The van der Waals surface area contributed by atoms with E-state index >= 15 is 0 Å². The molecule has 1 aromatic heterocycles. The molecule has 1 aliphatic heterocycles. The summed E-state index contributed by atoms with van der Waals surface area (Å²) in [4.78, 5) is 18.5. The Morgan fingerprint density at radius 3 is 2.39 bits per heavy atom. The van der Waals surface area contributed by atoms with Crippen molar-refractivity contribution in [2.24, 2.45) is 0 Å². The third kappa shape index (κ3) is 4.53. The maximum atomic E-state index is 13.5. The van der Waals surface area contributed by atoms with Crippen molar-refractivity contribution in [1.29, 1.82) is 0 Å². The molecule has 0 spiro atoms. The number of hydrogen-bond acceptors (Lipinski definition) is 5. The number of amides is 1. The molecule has 1 amide bonds. The first kappa shape index (κ1) is 25.9. The minimum atomic E-state index is -4.66. The second-order valence-corrected chi connectivity index (χ2v) is 9.61. The number of aromatic nitrogens is 2. The lowest BCUT2D eigenvalue weighted by Gasteiger charge is -2.29. The smallest absolute Gasteiger partial charge is 0.398 e. The lowest BCUT2D eigenvalue weighted by molar-refractivity contribution is -0.137. The Labute approximate surface area is 213 Å². The highest BCUT2D eigenvalue weighted by molar-refractivity contribution is 7.81. The van der Waals surface area contributed by atoms with Crippen LogP contribution in [0.2, 0.25) is 0 Å². The Morgan fingerprint density at radius 2 is 1.75 bits per heavy atom. The molecule has 0 atom stereocenters. The van der Waals surface area contributed by atoms with Gasteiger partial charge in [0.1, 0.15) is 5.54 Å². The van der Waals surface area contributed by atoms with E-state index in [1.807, 2.05) is 29.1 Å². The Balaban J connectivity index is 1.67. The van der Waals surface area contributed by atoms with E-state index in [0.29, 0.717) is 5.69 Å². The van der Waals surface area contributed by atoms with Crippen LogP contribution < -0.4 is 15.5 Å². The van der Waals surface area contributed by atoms with Crippen molar-refractivity contribution in [1.82, 2.24) is 14.7 Å². The van der Waals surface area contributed by atoms with Gasteiger partial charge in [0.05, 0.1) is 23.3 Å². The summed E-state index contributed by atoms with van der Waals surface area (Å²) in [5.74, 6) is -0.430. The van der Waals surface area contributed by atoms with Crippen molar-refractivity contribution in [3.63, 3.8) is 0 Å². The largest absolute Gasteiger partial charge is 0.418 e. The fourth-order valence-electron chi connectivity index (χ4n) is 4.49. The lowest BCUT2D eigenvalue weighted by atomic mass is 10.0. The summed E-state index contributed by atoms with van der Waals surface area (Å²) in [5.41, 5.74) is 4.48. The second-order valence-electron chi connectivity index (χ2n) is 9.25. The van der Waals surface area contributed by atoms with Gasteiger partial charge in [-0.3, -0.25) is 14.4 Å². The summed E-state index contributed by atoms with van der Waals surface area (Å²) in [6, 6.07) is 8.95. The minimum Gasteiger partial charge on any atom is -0.398 e. The number of anilines is 3. The van der Waals surface area contributed by atoms with Gasteiger partial charge in [-0.25, -0.2) is 0 Å². The predicted molar refractivity (Wildman–Crippen MR) is 140 cm³/mol. The first-order valence-electron chi connectivity index (χ1n) is 11.7. The van der Waals surface area contributed by atoms with E-state index in [4.69, 9.17) is 18.0 Å². The fourth-order valence-corrected chi connectivity index (χ4v) is 5.01. The molecule has 0 unspecified atom stereocenters. The molecule has 36 heavy (non-hydrogen) atoms. The number of carbonyl (C=O) groups excluding carboxylic acids is 1. The number of likely N-dealkylation sites (N-methyl/N-ethyl adjacent to an activating group) is 1. The molecular weight excluding hydrogens is 489 g/mol. The van der Waals surface area contributed by atoms with Crippen molar-refractivity contribution in [3.05, 3.63) is 48.2 Å². The summed E-state index contributed by atoms with van der Waals surface area (Å²) >= 11 is 5.64. The van der Waals surface area contributed by atoms with Crippen molar-refractivity contribution >= 4 is 51.2 Å². The third-order valence-corrected chi connectivity index (χ3v) is 6.97. The van der Waals surface area contributed by atoms with Gasteiger partial charge in [0.15, 0.2) is 5.11 Å². The summed E-state index contributed by atoms with van der Waals surface area (Å²) in [5, 5.41) is 5.61. The fraction of sp³-hybridized carbons (Fsp3) is 0.400. The van der Waals surface area contributed by atoms with Crippen molar-refractivity contribution in [3.8, 4) is 0 Å². The van der Waals surface area contributed by atoms with Crippen LogP contribution in [0, 0.1) is 0 Å². The summed E-state index contributed by atoms with van der Waals surface area (Å²) in [6.07, 6.45) is -2.71. The van der Waals surface area contributed by atoms with Gasteiger partial charge >= 0.3 is 6.18 Å². The van der Waals surface area contributed by atoms with Gasteiger partial charge in [0.25, 0.3) is 5.91 Å². The molecule has 2 aromatic carbocycles. The molecule has 7 nitrogen and oxygen atoms in total. The van der Waals surface area contributed by atoms with E-state index in [-0.39, 0.29) is 10.8 Å². The highest BCUT2D eigenvalue weighted by Gasteiger charge is 2.50. The molecule has 4 rings (SSSR count). The third-order valence-electron chi connectivity index (χ3n) is 6.60. The van der Waals surface area contributed by atoms with Crippen LogP contribution in [0.1, 0.15) is 33.3 Å². The van der Waals surface area contributed by atoms with Gasteiger partial charge in [0.2, 0.25) is 0 Å². The predicted octanol–water partition coefficient (Wildman–Crippen LogP) is 4.90. The van der Waals surface area contributed by atoms with Crippen LogP contribution in [0.15, 0.2) is 42.6 Å². The van der Waals surface area contributed by atoms with Gasteiger partial charge < -0.3 is 15.5 Å². The average molecular weight is 519 g/mol. The molecule has 11 heteroatoms. The van der Waals surface area contributed by atoms with Crippen molar-refractivity contribution in [2.75, 3.05) is 35.2 Å². The monoisotopic (exact) mass is 518 g/mol. The lowest BCUT2D eigenvalue weighted by Crippen LogP contribution is -2.44. The van der Waals surface area contributed by atoms with E-state index in [2.05, 4.69) is 23.8 Å². The molecule has 1 saturated heterocycles. The van der Waals surface area contributed by atoms with Gasteiger partial charge in [-0.15, -0.1) is 0 Å². The van der Waals surface area contributed by atoms with E-state index in [0.717, 1.165) is 54.1 Å². The molecule has 1 aliphatic rings. The number of thiocarbonyl (C=S) groups is 1. The quantitative estimate of drug-likeness (QED) is 0.355. The Morgan fingerprint density at radius 1 is 1.08 bits per heavy atom. The number of nitrogens with zero attached hydrogens (tertiary/aromatic N) is 5. The van der Waals surface area contributed by atoms with Gasteiger partial charge in [-0.1, -0.05) is 13.8 Å². The second kappa shape index (κ2) is 9.36. The molecule has 0 bridgehead atoms. The number of nitrogens with two attached hydrogens (primary N) is 1. The topological polar surface area (TPSA) is 70.6 Å². The van der Waals surface area contributed by atoms with E-state index in [1.54, 1.807) is 18.7 Å². The Kier molecular flexibility index (Phi) is 6.74. The summed E-state index contributed by atoms with van der Waals surface area (Å²) in [7, 11) is 0. The number of benzene rings is 2. The number of fused-ring (bicyclic) bond motifs is 1. The number of nitrogen functional groups attached to an aromatic ring is 1. The minimum absolute atomic E-state index is 0.0207. The number of rotatable bonds is 7. The zero-order valence-electron chi connectivity index (χ0n) is 20.6. The van der Waals surface area contributed by atoms with Crippen LogP contribution in [0.4, 0.5) is 30.2 Å². The van der Waals surface area contributed by atoms with Crippen LogP contribution in [0.5, 0.6) is 0 Å². The van der Waals surface area contributed by atoms with E-state index in [1.165, 1.54) is 6.07 Å². The normalized spacial score (nSPS) is 16.1. The first-order chi connectivity index (χ1) is 16.9. The Hall–Kier alpha value is -3.18. The number of halogens is 3. The molecule has 2 N–H and O–H groups in total. The van der Waals surface area contributed by atoms with Crippen molar-refractivity contribution in [2.45, 2.75) is 46.0 Å². The van der Waals surface area contributed by atoms with Gasteiger partial charge in [-0.2, -0.15) is 18.3 Å². The number of carbonyl (C=O) groups is 1. The van der Waals surface area contributed by atoms with Crippen LogP contribution >= 0.6 is 12.2 Å². The molecule has 0 saturated carbocycles. The number of alkyl halides is 3. The van der Waals surface area contributed by atoms with Crippen LogP contribution in [-0.4, -0.2) is 50.9 Å². The molecule has 1 fully saturated rings. The van der Waals surface area contributed by atoms with E-state index in [9.17, 15) is 18.0 Å². The molecule has 0 radical (unpaired) electrons. The highest BCUT2D eigenvalue weighted by Crippen LogP contribution is 2.40. The highest BCUT2D eigenvalue weighted by atomic mass is 32.1. The zero-order chi connectivity index (χ0) is 26.4. The maximum Gasteiger partial charge on any atom is 0.418 e. The SMILES string of the molecule is CCN(CC)CCn1cc2cc(N3C(=S)N(c4ccc(N)c(C(F)(F)F)c4)C(=O)C3(C)C)ccc2n1. The van der Waals surface area contributed by atoms with Crippen LogP contribution in [0.25, 0.3) is 10.9 Å². The van der Waals surface area contributed by atoms with Crippen molar-refractivity contribution < 1.29 is 18.0 Å². The summed E-state index contributed by atoms with van der Waals surface area (Å²) < 4.78 is 42.3. The van der Waals surface area contributed by atoms with Gasteiger partial charge in [-0.05, 0) is 75.6 Å². The molecule has 0 aliphatic carbocycles. The maximum absolute atomic E-state index is 13.5. The van der Waals surface area contributed by atoms with Crippen LogP contribution in [0.3, 0.4) is 0 Å². The average Bonchev–Trinajstić information content (AvgIpc) is 3.29. The molecule has 2 heterocycles. The first-order valence-corrected chi connectivity index (χ1v) is 12.1. The van der Waals surface area contributed by atoms with Gasteiger partial charge in [0, 0.05) is 29.5 Å².